The van der Waals surface area contributed by atoms with Crippen LogP contribution in [0.5, 0.6) is 0 Å². The SMILES string of the molecule is CC(Sc1nnc(N2CCOCC2)n1-c1ccccc1)C(=O)Nc1cc(Cl)ccc1Cl. The van der Waals surface area contributed by atoms with Crippen LogP contribution >= 0.6 is 35.0 Å². The standard InChI is InChI=1S/C21H21Cl2N5O2S/c1-14(19(29)24-18-13-15(22)7-8-17(18)23)31-21-26-25-20(27-9-11-30-12-10-27)28(21)16-5-3-2-4-6-16/h2-8,13-14H,9-12H2,1H3,(H,24,29). The summed E-state index contributed by atoms with van der Waals surface area (Å²) in [6.45, 7) is 4.57. The molecule has 1 aromatic heterocycles. The van der Waals surface area contributed by atoms with Gasteiger partial charge in [0.25, 0.3) is 0 Å². The van der Waals surface area contributed by atoms with Gasteiger partial charge >= 0.3 is 0 Å². The Labute approximate surface area is 194 Å². The lowest BCUT2D eigenvalue weighted by Crippen LogP contribution is -2.37. The predicted molar refractivity (Wildman–Crippen MR) is 125 cm³/mol. The molecule has 0 saturated carbocycles. The summed E-state index contributed by atoms with van der Waals surface area (Å²) in [6.07, 6.45) is 0. The van der Waals surface area contributed by atoms with Crippen molar-refractivity contribution in [3.05, 3.63) is 58.6 Å². The van der Waals surface area contributed by atoms with E-state index in [1.54, 1.807) is 18.2 Å². The van der Waals surface area contributed by atoms with Crippen LogP contribution in [-0.4, -0.2) is 52.2 Å². The molecule has 1 unspecified atom stereocenters. The first-order valence-electron chi connectivity index (χ1n) is 9.79. The first kappa shape index (κ1) is 22.0. The number of anilines is 2. The monoisotopic (exact) mass is 477 g/mol. The maximum Gasteiger partial charge on any atom is 0.237 e. The highest BCUT2D eigenvalue weighted by molar-refractivity contribution is 8.00. The van der Waals surface area contributed by atoms with E-state index in [9.17, 15) is 4.79 Å². The van der Waals surface area contributed by atoms with E-state index in [4.69, 9.17) is 27.9 Å². The van der Waals surface area contributed by atoms with E-state index in [1.807, 2.05) is 41.8 Å². The summed E-state index contributed by atoms with van der Waals surface area (Å²) < 4.78 is 7.45. The van der Waals surface area contributed by atoms with Crippen LogP contribution in [0.1, 0.15) is 6.92 Å². The van der Waals surface area contributed by atoms with Gasteiger partial charge in [-0.15, -0.1) is 10.2 Å². The fraction of sp³-hybridized carbons (Fsp3) is 0.286. The Morgan fingerprint density at radius 3 is 2.61 bits per heavy atom. The maximum absolute atomic E-state index is 12.8. The smallest absolute Gasteiger partial charge is 0.237 e. The van der Waals surface area contributed by atoms with Crippen molar-refractivity contribution in [2.45, 2.75) is 17.3 Å². The Hall–Kier alpha value is -2.26. The van der Waals surface area contributed by atoms with Gasteiger partial charge in [0.1, 0.15) is 0 Å². The number of amides is 1. The van der Waals surface area contributed by atoms with E-state index in [-0.39, 0.29) is 5.91 Å². The quantitative estimate of drug-likeness (QED) is 0.525. The molecular formula is C21H21Cl2N5O2S. The number of aromatic nitrogens is 3. The molecule has 2 heterocycles. The van der Waals surface area contributed by atoms with E-state index in [2.05, 4.69) is 20.4 Å². The lowest BCUT2D eigenvalue weighted by molar-refractivity contribution is -0.115. The third-order valence-electron chi connectivity index (χ3n) is 4.76. The molecule has 1 amide bonds. The minimum atomic E-state index is -0.445. The fourth-order valence-electron chi connectivity index (χ4n) is 3.15. The number of benzene rings is 2. The van der Waals surface area contributed by atoms with Gasteiger partial charge in [-0.1, -0.05) is 53.2 Å². The summed E-state index contributed by atoms with van der Waals surface area (Å²) in [5.74, 6) is 0.534. The highest BCUT2D eigenvalue weighted by Gasteiger charge is 2.25. The number of para-hydroxylation sites is 1. The van der Waals surface area contributed by atoms with Gasteiger partial charge in [0.15, 0.2) is 5.16 Å². The van der Waals surface area contributed by atoms with Gasteiger partial charge in [-0.05, 0) is 37.3 Å². The van der Waals surface area contributed by atoms with Crippen molar-refractivity contribution in [3.63, 3.8) is 0 Å². The number of nitrogens with zero attached hydrogens (tertiary/aromatic N) is 4. The Morgan fingerprint density at radius 2 is 1.87 bits per heavy atom. The van der Waals surface area contributed by atoms with Crippen molar-refractivity contribution in [2.75, 3.05) is 36.5 Å². The van der Waals surface area contributed by atoms with Crippen molar-refractivity contribution in [1.82, 2.24) is 14.8 Å². The van der Waals surface area contributed by atoms with Crippen molar-refractivity contribution < 1.29 is 9.53 Å². The first-order chi connectivity index (χ1) is 15.0. The number of carbonyl (C=O) groups excluding carboxylic acids is 1. The Morgan fingerprint density at radius 1 is 1.13 bits per heavy atom. The Balaban J connectivity index is 1.58. The Kier molecular flexibility index (Phi) is 7.02. The molecule has 3 aromatic rings. The molecule has 10 heteroatoms. The van der Waals surface area contributed by atoms with E-state index in [0.29, 0.717) is 34.1 Å². The summed E-state index contributed by atoms with van der Waals surface area (Å²) in [6, 6.07) is 14.8. The molecule has 1 saturated heterocycles. The van der Waals surface area contributed by atoms with Crippen LogP contribution in [0.3, 0.4) is 0 Å². The van der Waals surface area contributed by atoms with Gasteiger partial charge in [0, 0.05) is 18.1 Å². The number of morpholine rings is 1. The average molecular weight is 478 g/mol. The molecule has 0 spiro atoms. The molecule has 162 valence electrons. The molecule has 2 aromatic carbocycles. The molecule has 31 heavy (non-hydrogen) atoms. The second kappa shape index (κ2) is 9.91. The molecule has 0 bridgehead atoms. The van der Waals surface area contributed by atoms with Gasteiger partial charge in [0.05, 0.1) is 34.9 Å². The minimum Gasteiger partial charge on any atom is -0.378 e. The predicted octanol–water partition coefficient (Wildman–Crippen LogP) is 4.53. The van der Waals surface area contributed by atoms with E-state index < -0.39 is 5.25 Å². The molecule has 0 aliphatic carbocycles. The van der Waals surface area contributed by atoms with E-state index >= 15 is 0 Å². The van der Waals surface area contributed by atoms with E-state index in [1.165, 1.54) is 11.8 Å². The van der Waals surface area contributed by atoms with Gasteiger partial charge in [-0.25, -0.2) is 0 Å². The van der Waals surface area contributed by atoms with Gasteiger partial charge in [-0.2, -0.15) is 0 Å². The Bertz CT molecular complexity index is 1060. The lowest BCUT2D eigenvalue weighted by atomic mass is 10.3. The third-order valence-corrected chi connectivity index (χ3v) is 6.37. The van der Waals surface area contributed by atoms with Crippen molar-refractivity contribution >= 4 is 52.5 Å². The highest BCUT2D eigenvalue weighted by Crippen LogP contribution is 2.31. The minimum absolute atomic E-state index is 0.204. The molecule has 1 N–H and O–H groups in total. The number of nitrogens with one attached hydrogen (secondary N) is 1. The molecule has 1 aliphatic heterocycles. The number of rotatable bonds is 6. The molecule has 4 rings (SSSR count). The zero-order valence-corrected chi connectivity index (χ0v) is 19.1. The summed E-state index contributed by atoms with van der Waals surface area (Å²) in [5, 5.41) is 12.8. The maximum atomic E-state index is 12.8. The molecule has 1 fully saturated rings. The first-order valence-corrected chi connectivity index (χ1v) is 11.4. The number of hydrogen-bond acceptors (Lipinski definition) is 6. The van der Waals surface area contributed by atoms with E-state index in [0.717, 1.165) is 24.7 Å². The average Bonchev–Trinajstić information content (AvgIpc) is 3.21. The van der Waals surface area contributed by atoms with Crippen LogP contribution in [0.2, 0.25) is 10.0 Å². The van der Waals surface area contributed by atoms with Crippen molar-refractivity contribution in [3.8, 4) is 5.69 Å². The number of ether oxygens (including phenoxy) is 1. The van der Waals surface area contributed by atoms with Crippen LogP contribution in [-0.2, 0) is 9.53 Å². The molecular weight excluding hydrogens is 457 g/mol. The van der Waals surface area contributed by atoms with Crippen LogP contribution in [0, 0.1) is 0 Å². The highest BCUT2D eigenvalue weighted by atomic mass is 35.5. The number of halogens is 2. The van der Waals surface area contributed by atoms with Crippen LogP contribution in [0.25, 0.3) is 5.69 Å². The summed E-state index contributed by atoms with van der Waals surface area (Å²) >= 11 is 13.5. The summed E-state index contributed by atoms with van der Waals surface area (Å²) in [7, 11) is 0. The zero-order chi connectivity index (χ0) is 21.8. The topological polar surface area (TPSA) is 72.3 Å². The largest absolute Gasteiger partial charge is 0.378 e. The normalized spacial score (nSPS) is 15.0. The molecule has 1 aliphatic rings. The molecule has 0 radical (unpaired) electrons. The lowest BCUT2D eigenvalue weighted by Gasteiger charge is -2.28. The van der Waals surface area contributed by atoms with Crippen molar-refractivity contribution in [2.24, 2.45) is 0 Å². The summed E-state index contributed by atoms with van der Waals surface area (Å²) in [5.41, 5.74) is 1.41. The number of hydrogen-bond donors (Lipinski definition) is 1. The van der Waals surface area contributed by atoms with Crippen molar-refractivity contribution in [1.29, 1.82) is 0 Å². The fourth-order valence-corrected chi connectivity index (χ4v) is 4.35. The van der Waals surface area contributed by atoms with Crippen LogP contribution in [0.15, 0.2) is 53.7 Å². The zero-order valence-electron chi connectivity index (χ0n) is 16.8. The van der Waals surface area contributed by atoms with Crippen LogP contribution < -0.4 is 10.2 Å². The van der Waals surface area contributed by atoms with Gasteiger partial charge in [-0.3, -0.25) is 9.36 Å². The number of thioether (sulfide) groups is 1. The van der Waals surface area contributed by atoms with Gasteiger partial charge in [0.2, 0.25) is 11.9 Å². The van der Waals surface area contributed by atoms with Gasteiger partial charge < -0.3 is 15.0 Å². The number of carbonyl (C=O) groups is 1. The molecule has 1 atom stereocenters. The third kappa shape index (κ3) is 5.15. The van der Waals surface area contributed by atoms with Crippen LogP contribution in [0.4, 0.5) is 11.6 Å². The second-order valence-electron chi connectivity index (χ2n) is 6.93. The second-order valence-corrected chi connectivity index (χ2v) is 9.08. The molecule has 7 nitrogen and oxygen atoms in total. The summed E-state index contributed by atoms with van der Waals surface area (Å²) in [4.78, 5) is 15.0.